The summed E-state index contributed by atoms with van der Waals surface area (Å²) in [5.74, 6) is 0.121. The second-order valence-corrected chi connectivity index (χ2v) is 9.08. The molecule has 0 saturated carbocycles. The van der Waals surface area contributed by atoms with Crippen LogP contribution >= 0.6 is 0 Å². The molecule has 2 amide bonds. The summed E-state index contributed by atoms with van der Waals surface area (Å²) in [6.45, 7) is 3.56. The molecule has 7 heteroatoms. The molecule has 0 unspecified atom stereocenters. The Morgan fingerprint density at radius 1 is 1.06 bits per heavy atom. The molecule has 7 nitrogen and oxygen atoms in total. The zero-order valence-corrected chi connectivity index (χ0v) is 19.9. The van der Waals surface area contributed by atoms with Crippen molar-refractivity contribution in [1.82, 2.24) is 19.4 Å². The Morgan fingerprint density at radius 2 is 1.89 bits per heavy atom. The van der Waals surface area contributed by atoms with Gasteiger partial charge in [-0.25, -0.2) is 4.98 Å². The van der Waals surface area contributed by atoms with Crippen LogP contribution in [0.25, 0.3) is 11.0 Å². The van der Waals surface area contributed by atoms with Gasteiger partial charge in [-0.2, -0.15) is 0 Å². The van der Waals surface area contributed by atoms with Gasteiger partial charge in [0.2, 0.25) is 5.91 Å². The van der Waals surface area contributed by atoms with E-state index in [4.69, 9.17) is 0 Å². The molecule has 5 rings (SSSR count). The van der Waals surface area contributed by atoms with E-state index in [0.29, 0.717) is 35.8 Å². The van der Waals surface area contributed by atoms with Crippen LogP contribution in [-0.4, -0.2) is 44.3 Å². The van der Waals surface area contributed by atoms with E-state index in [2.05, 4.69) is 27.4 Å². The van der Waals surface area contributed by atoms with E-state index in [0.717, 1.165) is 37.0 Å². The molecular weight excluding hydrogens is 438 g/mol. The predicted octanol–water partition coefficient (Wildman–Crippen LogP) is 4.65. The minimum absolute atomic E-state index is 0.0258. The number of hydrogen-bond donors (Lipinski definition) is 1. The van der Waals surface area contributed by atoms with Crippen LogP contribution in [-0.2, 0) is 17.8 Å². The number of aromatic nitrogens is 3. The van der Waals surface area contributed by atoms with Gasteiger partial charge in [-0.3, -0.25) is 14.6 Å². The van der Waals surface area contributed by atoms with Crippen LogP contribution in [0.1, 0.15) is 47.3 Å². The number of benzene rings is 2. The highest BCUT2D eigenvalue weighted by molar-refractivity contribution is 6.05. The third-order valence-corrected chi connectivity index (χ3v) is 6.59. The molecule has 0 radical (unpaired) electrons. The third-order valence-electron chi connectivity index (χ3n) is 6.59. The Balaban J connectivity index is 1.42. The summed E-state index contributed by atoms with van der Waals surface area (Å²) < 4.78 is 2.01. The first-order chi connectivity index (χ1) is 17.1. The minimum atomic E-state index is -0.185. The summed E-state index contributed by atoms with van der Waals surface area (Å²) in [6.07, 6.45) is 6.32. The topological polar surface area (TPSA) is 80.1 Å². The fourth-order valence-corrected chi connectivity index (χ4v) is 4.91. The van der Waals surface area contributed by atoms with Crippen molar-refractivity contribution >= 4 is 28.5 Å². The van der Waals surface area contributed by atoms with E-state index < -0.39 is 0 Å². The van der Waals surface area contributed by atoms with Crippen molar-refractivity contribution in [3.8, 4) is 0 Å². The molecule has 1 N–H and O–H groups in total. The number of carbonyl (C=O) groups is 2. The second kappa shape index (κ2) is 10.1. The summed E-state index contributed by atoms with van der Waals surface area (Å²) in [5, 5.41) is 2.92. The Kier molecular flexibility index (Phi) is 6.57. The number of anilines is 1. The average molecular weight is 468 g/mol. The number of carbonyl (C=O) groups excluding carboxylic acids is 2. The number of aryl methyl sites for hydroxylation is 2. The molecule has 1 aliphatic heterocycles. The van der Waals surface area contributed by atoms with Crippen LogP contribution in [0.3, 0.4) is 0 Å². The highest BCUT2D eigenvalue weighted by Gasteiger charge is 2.26. The summed E-state index contributed by atoms with van der Waals surface area (Å²) in [4.78, 5) is 36.4. The molecule has 0 bridgehead atoms. The number of likely N-dealkylation sites (tertiary alicyclic amines) is 1. The number of amides is 2. The van der Waals surface area contributed by atoms with Gasteiger partial charge in [-0.1, -0.05) is 36.4 Å². The molecule has 3 heterocycles. The average Bonchev–Trinajstić information content (AvgIpc) is 3.31. The third kappa shape index (κ3) is 5.09. The largest absolute Gasteiger partial charge is 0.338 e. The number of rotatable bonds is 6. The summed E-state index contributed by atoms with van der Waals surface area (Å²) in [6, 6.07) is 19.9. The highest BCUT2D eigenvalue weighted by Crippen LogP contribution is 2.30. The maximum atomic E-state index is 13.5. The SMILES string of the molecule is CC(=O)Nc1cc(C(=O)N2CCC[C@H](c3ccccc3)C2)cc2ncn(CCc3ccccn3)c12. The number of nitrogens with one attached hydrogen (secondary N) is 1. The molecule has 0 aliphatic carbocycles. The highest BCUT2D eigenvalue weighted by atomic mass is 16.2. The van der Waals surface area contributed by atoms with Gasteiger partial charge in [0.15, 0.2) is 0 Å². The maximum Gasteiger partial charge on any atom is 0.254 e. The molecule has 2 aromatic carbocycles. The summed E-state index contributed by atoms with van der Waals surface area (Å²) in [7, 11) is 0. The Morgan fingerprint density at radius 3 is 2.66 bits per heavy atom. The van der Waals surface area contributed by atoms with Gasteiger partial charge < -0.3 is 14.8 Å². The number of pyridine rings is 1. The number of imidazole rings is 1. The molecule has 35 heavy (non-hydrogen) atoms. The van der Waals surface area contributed by atoms with E-state index in [-0.39, 0.29) is 11.8 Å². The molecule has 178 valence electrons. The lowest BCUT2D eigenvalue weighted by molar-refractivity contribution is -0.114. The molecular formula is C28H29N5O2. The second-order valence-electron chi connectivity index (χ2n) is 9.08. The molecule has 0 spiro atoms. The fourth-order valence-electron chi connectivity index (χ4n) is 4.91. The molecule has 1 fully saturated rings. The predicted molar refractivity (Wildman–Crippen MR) is 136 cm³/mol. The molecule has 1 saturated heterocycles. The van der Waals surface area contributed by atoms with Gasteiger partial charge in [0.1, 0.15) is 0 Å². The monoisotopic (exact) mass is 467 g/mol. The van der Waals surface area contributed by atoms with Crippen molar-refractivity contribution in [2.45, 2.75) is 38.6 Å². The van der Waals surface area contributed by atoms with Crippen LogP contribution in [0, 0.1) is 0 Å². The lowest BCUT2D eigenvalue weighted by Gasteiger charge is -2.33. The number of nitrogens with zero attached hydrogens (tertiary/aromatic N) is 4. The van der Waals surface area contributed by atoms with Gasteiger partial charge in [-0.05, 0) is 42.7 Å². The molecule has 1 aliphatic rings. The van der Waals surface area contributed by atoms with Crippen molar-refractivity contribution in [2.75, 3.05) is 18.4 Å². The van der Waals surface area contributed by atoms with Crippen molar-refractivity contribution < 1.29 is 9.59 Å². The van der Waals surface area contributed by atoms with Gasteiger partial charge in [0, 0.05) is 56.4 Å². The van der Waals surface area contributed by atoms with Crippen LogP contribution < -0.4 is 5.32 Å². The van der Waals surface area contributed by atoms with Crippen LogP contribution in [0.15, 0.2) is 73.2 Å². The zero-order valence-electron chi connectivity index (χ0n) is 19.9. The van der Waals surface area contributed by atoms with Crippen molar-refractivity contribution in [2.24, 2.45) is 0 Å². The Labute approximate surface area is 204 Å². The van der Waals surface area contributed by atoms with E-state index in [1.165, 1.54) is 12.5 Å². The van der Waals surface area contributed by atoms with E-state index in [1.807, 2.05) is 51.9 Å². The molecule has 1 atom stereocenters. The van der Waals surface area contributed by atoms with E-state index >= 15 is 0 Å². The lowest BCUT2D eigenvalue weighted by Crippen LogP contribution is -2.39. The Hall–Kier alpha value is -4.00. The van der Waals surface area contributed by atoms with E-state index in [9.17, 15) is 9.59 Å². The normalized spacial score (nSPS) is 15.8. The van der Waals surface area contributed by atoms with Gasteiger partial charge >= 0.3 is 0 Å². The smallest absolute Gasteiger partial charge is 0.254 e. The number of hydrogen-bond acceptors (Lipinski definition) is 4. The van der Waals surface area contributed by atoms with Gasteiger partial charge in [0.25, 0.3) is 5.91 Å². The maximum absolute atomic E-state index is 13.5. The van der Waals surface area contributed by atoms with Crippen LogP contribution in [0.5, 0.6) is 0 Å². The van der Waals surface area contributed by atoms with Crippen LogP contribution in [0.4, 0.5) is 5.69 Å². The first kappa shape index (κ1) is 22.8. The molecule has 4 aromatic rings. The van der Waals surface area contributed by atoms with Gasteiger partial charge in [-0.15, -0.1) is 0 Å². The first-order valence-corrected chi connectivity index (χ1v) is 12.1. The summed E-state index contributed by atoms with van der Waals surface area (Å²) in [5.41, 5.74) is 4.91. The number of piperidine rings is 1. The lowest BCUT2D eigenvalue weighted by atomic mass is 9.90. The zero-order chi connectivity index (χ0) is 24.2. The van der Waals surface area contributed by atoms with Crippen molar-refractivity contribution in [3.05, 3.63) is 90.0 Å². The summed E-state index contributed by atoms with van der Waals surface area (Å²) >= 11 is 0. The van der Waals surface area contributed by atoms with E-state index in [1.54, 1.807) is 18.6 Å². The Bertz CT molecular complexity index is 1330. The minimum Gasteiger partial charge on any atom is -0.338 e. The fraction of sp³-hybridized carbons (Fsp3) is 0.286. The molecule has 2 aromatic heterocycles. The quantitative estimate of drug-likeness (QED) is 0.448. The van der Waals surface area contributed by atoms with Gasteiger partial charge in [0.05, 0.1) is 23.0 Å². The van der Waals surface area contributed by atoms with Crippen LogP contribution in [0.2, 0.25) is 0 Å². The van der Waals surface area contributed by atoms with Crippen molar-refractivity contribution in [1.29, 1.82) is 0 Å². The first-order valence-electron chi connectivity index (χ1n) is 12.1. The van der Waals surface area contributed by atoms with Crippen molar-refractivity contribution in [3.63, 3.8) is 0 Å². The number of fused-ring (bicyclic) bond motifs is 1. The standard InChI is InChI=1S/C28H29N5O2/c1-20(34)31-26-17-23(28(35)32-14-7-10-22(18-32)21-8-3-2-4-9-21)16-25-27(26)33(19-30-25)15-12-24-11-5-6-13-29-24/h2-6,8-9,11,13,16-17,19,22H,7,10,12,14-15,18H2,1H3,(H,31,34)/t22-/m0/s1.